The van der Waals surface area contributed by atoms with Crippen LogP contribution in [0.1, 0.15) is 105 Å². The SMILES string of the molecule is CC[C@H]1CC2C3CC[C@H]([C@H](C)CCC(=O)NS(=O)(=O)c4cccc(OC(F)(F)F)c4)[C@@]3(C)CCC2[C@@]2(C)CCCC[C@@H]12. The number of carbonyl (C=O) groups is 1. The third kappa shape index (κ3) is 5.97. The van der Waals surface area contributed by atoms with Gasteiger partial charge >= 0.3 is 6.36 Å². The first-order valence-electron chi connectivity index (χ1n) is 16.1. The lowest BCUT2D eigenvalue weighted by atomic mass is 9.42. The highest BCUT2D eigenvalue weighted by Gasteiger charge is 2.61. The molecule has 4 aliphatic rings. The van der Waals surface area contributed by atoms with Gasteiger partial charge in [0, 0.05) is 12.5 Å². The van der Waals surface area contributed by atoms with E-state index in [-0.39, 0.29) is 17.8 Å². The van der Waals surface area contributed by atoms with Gasteiger partial charge in [0.15, 0.2) is 0 Å². The Morgan fingerprint density at radius 3 is 2.50 bits per heavy atom. The van der Waals surface area contributed by atoms with Crippen LogP contribution in [0.25, 0.3) is 0 Å². The van der Waals surface area contributed by atoms with Crippen LogP contribution in [0, 0.1) is 52.3 Å². The first-order chi connectivity index (χ1) is 19.7. The molecule has 0 saturated heterocycles. The Morgan fingerprint density at radius 1 is 1.05 bits per heavy atom. The van der Waals surface area contributed by atoms with E-state index in [1.165, 1.54) is 57.8 Å². The van der Waals surface area contributed by atoms with E-state index < -0.39 is 32.9 Å². The van der Waals surface area contributed by atoms with Gasteiger partial charge in [-0.1, -0.05) is 53.0 Å². The van der Waals surface area contributed by atoms with Crippen LogP contribution in [-0.4, -0.2) is 20.7 Å². The minimum atomic E-state index is -4.94. The quantitative estimate of drug-likeness (QED) is 0.320. The number of alkyl halides is 3. The Bertz CT molecular complexity index is 1250. The monoisotopic (exact) mass is 611 g/mol. The van der Waals surface area contributed by atoms with Gasteiger partial charge in [0.05, 0.1) is 4.90 Å². The van der Waals surface area contributed by atoms with Gasteiger partial charge in [-0.3, -0.25) is 4.79 Å². The molecular formula is C33H48F3NO4S. The predicted octanol–water partition coefficient (Wildman–Crippen LogP) is 8.49. The van der Waals surface area contributed by atoms with Crippen molar-refractivity contribution in [3.8, 4) is 5.75 Å². The van der Waals surface area contributed by atoms with E-state index >= 15 is 0 Å². The zero-order valence-corrected chi connectivity index (χ0v) is 26.3. The largest absolute Gasteiger partial charge is 0.573 e. The van der Waals surface area contributed by atoms with Crippen LogP contribution in [0.15, 0.2) is 29.2 Å². The van der Waals surface area contributed by atoms with E-state index in [0.29, 0.717) is 17.8 Å². The van der Waals surface area contributed by atoms with Crippen LogP contribution in [0.5, 0.6) is 5.75 Å². The zero-order chi connectivity index (χ0) is 30.5. The maximum atomic E-state index is 12.8. The average Bonchev–Trinajstić information content (AvgIpc) is 3.27. The van der Waals surface area contributed by atoms with Crippen molar-refractivity contribution in [2.75, 3.05) is 0 Å². The van der Waals surface area contributed by atoms with Gasteiger partial charge in [0.1, 0.15) is 5.75 Å². The third-order valence-electron chi connectivity index (χ3n) is 12.5. The fourth-order valence-electron chi connectivity index (χ4n) is 10.7. The van der Waals surface area contributed by atoms with Crippen LogP contribution in [0.4, 0.5) is 13.2 Å². The highest BCUT2D eigenvalue weighted by Crippen LogP contribution is 2.69. The molecular weight excluding hydrogens is 563 g/mol. The minimum absolute atomic E-state index is 0.0557. The summed E-state index contributed by atoms with van der Waals surface area (Å²) >= 11 is 0. The van der Waals surface area contributed by atoms with Crippen LogP contribution >= 0.6 is 0 Å². The van der Waals surface area contributed by atoms with Crippen molar-refractivity contribution in [2.45, 2.75) is 116 Å². The van der Waals surface area contributed by atoms with Gasteiger partial charge in [0.25, 0.3) is 10.0 Å². The number of fused-ring (bicyclic) bond motifs is 5. The lowest BCUT2D eigenvalue weighted by Crippen LogP contribution is -2.55. The van der Waals surface area contributed by atoms with Crippen molar-refractivity contribution in [1.82, 2.24) is 4.72 Å². The van der Waals surface area contributed by atoms with Gasteiger partial charge in [-0.15, -0.1) is 13.2 Å². The van der Waals surface area contributed by atoms with Crippen molar-refractivity contribution >= 4 is 15.9 Å². The summed E-state index contributed by atoms with van der Waals surface area (Å²) < 4.78 is 69.1. The normalized spacial score (nSPS) is 37.2. The number of hydrogen-bond acceptors (Lipinski definition) is 4. The number of amides is 1. The second kappa shape index (κ2) is 11.6. The topological polar surface area (TPSA) is 72.5 Å². The molecule has 0 heterocycles. The Hall–Kier alpha value is -1.77. The molecule has 42 heavy (non-hydrogen) atoms. The molecule has 1 aromatic carbocycles. The summed E-state index contributed by atoms with van der Waals surface area (Å²) in [4.78, 5) is 12.3. The molecule has 236 valence electrons. The predicted molar refractivity (Wildman–Crippen MR) is 156 cm³/mol. The van der Waals surface area contributed by atoms with Gasteiger partial charge in [-0.2, -0.15) is 0 Å². The number of nitrogens with one attached hydrogen (secondary N) is 1. The number of hydrogen-bond donors (Lipinski definition) is 1. The van der Waals surface area contributed by atoms with Crippen LogP contribution in [0.3, 0.4) is 0 Å². The van der Waals surface area contributed by atoms with E-state index in [0.717, 1.165) is 60.3 Å². The van der Waals surface area contributed by atoms with Crippen LogP contribution in [0.2, 0.25) is 0 Å². The number of benzene rings is 1. The van der Waals surface area contributed by atoms with Crippen molar-refractivity contribution in [2.24, 2.45) is 52.3 Å². The van der Waals surface area contributed by atoms with E-state index in [1.54, 1.807) is 0 Å². The summed E-state index contributed by atoms with van der Waals surface area (Å²) in [6.45, 7) is 9.72. The first kappa shape index (κ1) is 31.6. The molecule has 1 N–H and O–H groups in total. The zero-order valence-electron chi connectivity index (χ0n) is 25.5. The van der Waals surface area contributed by atoms with Crippen LogP contribution < -0.4 is 9.46 Å². The minimum Gasteiger partial charge on any atom is -0.406 e. The lowest BCUT2D eigenvalue weighted by molar-refractivity contribution is -0.274. The molecule has 1 amide bonds. The number of halogens is 3. The first-order valence-corrected chi connectivity index (χ1v) is 17.6. The lowest BCUT2D eigenvalue weighted by Gasteiger charge is -2.63. The van der Waals surface area contributed by atoms with E-state index in [4.69, 9.17) is 0 Å². The number of rotatable bonds is 8. The van der Waals surface area contributed by atoms with E-state index in [2.05, 4.69) is 32.4 Å². The summed E-state index contributed by atoms with van der Waals surface area (Å²) in [6.07, 6.45) is 8.86. The smallest absolute Gasteiger partial charge is 0.406 e. The van der Waals surface area contributed by atoms with Gasteiger partial charge < -0.3 is 4.74 Å². The molecule has 4 fully saturated rings. The van der Waals surface area contributed by atoms with Crippen molar-refractivity contribution in [3.63, 3.8) is 0 Å². The van der Waals surface area contributed by atoms with E-state index in [9.17, 15) is 26.4 Å². The molecule has 5 rings (SSSR count). The molecule has 1 aromatic rings. The molecule has 4 saturated carbocycles. The molecule has 4 aliphatic carbocycles. The maximum absolute atomic E-state index is 12.8. The van der Waals surface area contributed by atoms with Gasteiger partial charge in [-0.05, 0) is 116 Å². The van der Waals surface area contributed by atoms with E-state index in [1.807, 2.05) is 4.72 Å². The molecule has 0 spiro atoms. The summed E-state index contributed by atoms with van der Waals surface area (Å²) in [6, 6.07) is 4.08. The Kier molecular flexibility index (Phi) is 8.76. The summed E-state index contributed by atoms with van der Waals surface area (Å²) in [5.74, 6) is 3.54. The Morgan fingerprint density at radius 2 is 1.79 bits per heavy atom. The second-order valence-electron chi connectivity index (χ2n) is 14.4. The van der Waals surface area contributed by atoms with Crippen molar-refractivity contribution < 1.29 is 31.1 Å². The fraction of sp³-hybridized carbons (Fsp3) is 0.788. The van der Waals surface area contributed by atoms with Crippen molar-refractivity contribution in [3.05, 3.63) is 24.3 Å². The fourth-order valence-corrected chi connectivity index (χ4v) is 11.7. The van der Waals surface area contributed by atoms with Crippen molar-refractivity contribution in [1.29, 1.82) is 0 Å². The molecule has 9 atom stereocenters. The maximum Gasteiger partial charge on any atom is 0.573 e. The average molecular weight is 612 g/mol. The highest BCUT2D eigenvalue weighted by molar-refractivity contribution is 7.90. The molecule has 0 bridgehead atoms. The molecule has 5 nitrogen and oxygen atoms in total. The molecule has 9 heteroatoms. The summed E-state index contributed by atoms with van der Waals surface area (Å²) in [5.41, 5.74) is 0.729. The second-order valence-corrected chi connectivity index (χ2v) is 16.1. The standard InChI is InChI=1S/C33H48F3NO4S/c1-5-22-19-25-28-14-13-26(32(28,4)18-16-29(25)31(3)17-7-6-11-27(22)31)21(2)12-15-30(38)37-42(39,40)24-10-8-9-23(20-24)41-33(34,35)36/h8-10,20-22,25-29H,5-7,11-19H2,1-4H3,(H,37,38)/t21-,22+,25?,26-,27+,28?,29?,31+,32-/m1/s1. The molecule has 0 aromatic heterocycles. The number of sulfonamides is 1. The van der Waals surface area contributed by atoms with Gasteiger partial charge in [0.2, 0.25) is 5.91 Å². The molecule has 3 unspecified atom stereocenters. The molecule has 0 radical (unpaired) electrons. The van der Waals surface area contributed by atoms with Gasteiger partial charge in [-0.25, -0.2) is 13.1 Å². The summed E-state index contributed by atoms with van der Waals surface area (Å²) in [5, 5.41) is 0. The Labute approximate surface area is 249 Å². The molecule has 0 aliphatic heterocycles. The third-order valence-corrected chi connectivity index (χ3v) is 13.8. The highest BCUT2D eigenvalue weighted by atomic mass is 32.2. The number of ether oxygens (including phenoxy) is 1. The summed E-state index contributed by atoms with van der Waals surface area (Å²) in [7, 11) is -4.32. The van der Waals surface area contributed by atoms with Crippen LogP contribution in [-0.2, 0) is 14.8 Å². The Balaban J connectivity index is 1.21. The number of carbonyl (C=O) groups excluding carboxylic acids is 1.